The highest BCUT2D eigenvalue weighted by atomic mass is 16.7. The molecule has 2 aromatic rings. The van der Waals surface area contributed by atoms with Crippen molar-refractivity contribution in [3.63, 3.8) is 0 Å². The fourth-order valence-electron chi connectivity index (χ4n) is 4.42. The van der Waals surface area contributed by atoms with Crippen LogP contribution in [0, 0.1) is 0 Å². The summed E-state index contributed by atoms with van der Waals surface area (Å²) in [5.74, 6) is -0.596. The molecule has 3 amide bonds. The number of amides is 3. The van der Waals surface area contributed by atoms with E-state index in [4.69, 9.17) is 14.4 Å². The van der Waals surface area contributed by atoms with Crippen LogP contribution < -0.4 is 15.7 Å². The van der Waals surface area contributed by atoms with Gasteiger partial charge in [0, 0.05) is 24.9 Å². The molecular formula is C28H34BN3O6. The van der Waals surface area contributed by atoms with Crippen molar-refractivity contribution < 1.29 is 28.8 Å². The van der Waals surface area contributed by atoms with Crippen LogP contribution in [-0.2, 0) is 18.9 Å². The fraction of sp³-hybridized carbons (Fsp3) is 0.393. The van der Waals surface area contributed by atoms with E-state index in [2.05, 4.69) is 5.32 Å². The van der Waals surface area contributed by atoms with Gasteiger partial charge in [0.05, 0.1) is 17.2 Å². The summed E-state index contributed by atoms with van der Waals surface area (Å²) in [4.78, 5) is 40.5. The van der Waals surface area contributed by atoms with Gasteiger partial charge in [-0.1, -0.05) is 42.5 Å². The average Bonchev–Trinajstić information content (AvgIpc) is 3.42. The number of nitrogens with one attached hydrogen (secondary N) is 1. The van der Waals surface area contributed by atoms with Crippen molar-refractivity contribution in [2.45, 2.75) is 51.4 Å². The zero-order valence-corrected chi connectivity index (χ0v) is 22.2. The summed E-state index contributed by atoms with van der Waals surface area (Å²) in [6.45, 7) is 8.47. The van der Waals surface area contributed by atoms with Crippen molar-refractivity contribution in [3.8, 4) is 0 Å². The molecule has 10 heteroatoms. The third-order valence-corrected chi connectivity index (χ3v) is 7.38. The fourth-order valence-corrected chi connectivity index (χ4v) is 4.42. The number of nitrogens with zero attached hydrogens (tertiary/aromatic N) is 2. The van der Waals surface area contributed by atoms with E-state index in [1.54, 1.807) is 23.1 Å². The Hall–Kier alpha value is -3.63. The molecule has 2 aliphatic rings. The lowest BCUT2D eigenvalue weighted by Gasteiger charge is -2.32. The Kier molecular flexibility index (Phi) is 7.94. The first-order chi connectivity index (χ1) is 17.9. The monoisotopic (exact) mass is 519 g/mol. The molecule has 2 aliphatic heterocycles. The Bertz CT molecular complexity index is 1180. The highest BCUT2D eigenvalue weighted by Gasteiger charge is 2.51. The van der Waals surface area contributed by atoms with Gasteiger partial charge in [-0.2, -0.15) is 0 Å². The van der Waals surface area contributed by atoms with Crippen molar-refractivity contribution in [1.29, 1.82) is 0 Å². The van der Waals surface area contributed by atoms with E-state index < -0.39 is 24.4 Å². The van der Waals surface area contributed by atoms with Crippen LogP contribution in [0.2, 0.25) is 0 Å². The molecule has 200 valence electrons. The maximum absolute atomic E-state index is 13.3. The van der Waals surface area contributed by atoms with Gasteiger partial charge >= 0.3 is 13.2 Å². The summed E-state index contributed by atoms with van der Waals surface area (Å²) in [5.41, 5.74) is 1.28. The molecule has 0 aliphatic carbocycles. The molecule has 2 saturated heterocycles. The number of hydrogen-bond donors (Lipinski definition) is 2. The third kappa shape index (κ3) is 6.26. The van der Waals surface area contributed by atoms with Crippen LogP contribution >= 0.6 is 0 Å². The standard InChI is InChI=1S/C28H34BN3O6/c1-27(2)28(3,4)38-29(37-27)21-11-13-23(14-12-21)32(24(33)15-10-20-8-6-5-7-9-20)19-25(34)31-17-16-22(18-31)30-26(35)36/h5-15,22,30H,16-19H2,1-4H3,(H,35,36)/t22-/m0/s1. The second-order valence-corrected chi connectivity index (χ2v) is 10.6. The van der Waals surface area contributed by atoms with Gasteiger partial charge in [-0.25, -0.2) is 4.79 Å². The van der Waals surface area contributed by atoms with Crippen LogP contribution in [0.1, 0.15) is 39.7 Å². The first kappa shape index (κ1) is 27.4. The van der Waals surface area contributed by atoms with Crippen molar-refractivity contribution in [3.05, 3.63) is 66.2 Å². The van der Waals surface area contributed by atoms with E-state index in [9.17, 15) is 14.4 Å². The Morgan fingerprint density at radius 2 is 1.68 bits per heavy atom. The molecule has 2 aromatic carbocycles. The van der Waals surface area contributed by atoms with E-state index in [0.717, 1.165) is 11.0 Å². The van der Waals surface area contributed by atoms with Crippen LogP contribution in [0.4, 0.5) is 10.5 Å². The minimum atomic E-state index is -1.12. The molecule has 9 nitrogen and oxygen atoms in total. The molecule has 0 unspecified atom stereocenters. The predicted molar refractivity (Wildman–Crippen MR) is 146 cm³/mol. The summed E-state index contributed by atoms with van der Waals surface area (Å²) < 4.78 is 12.3. The lowest BCUT2D eigenvalue weighted by Crippen LogP contribution is -2.43. The molecule has 0 bridgehead atoms. The maximum atomic E-state index is 13.3. The number of likely N-dealkylation sites (tertiary alicyclic amines) is 1. The summed E-state index contributed by atoms with van der Waals surface area (Å²) in [6, 6.07) is 16.4. The van der Waals surface area contributed by atoms with Crippen molar-refractivity contribution >= 4 is 42.3 Å². The zero-order valence-electron chi connectivity index (χ0n) is 22.2. The first-order valence-corrected chi connectivity index (χ1v) is 12.7. The van der Waals surface area contributed by atoms with Gasteiger partial charge in [-0.3, -0.25) is 14.5 Å². The molecule has 2 heterocycles. The van der Waals surface area contributed by atoms with Crippen LogP contribution in [0.5, 0.6) is 0 Å². The summed E-state index contributed by atoms with van der Waals surface area (Å²) in [7, 11) is -0.541. The molecule has 0 aromatic heterocycles. The zero-order chi connectivity index (χ0) is 27.5. The molecule has 2 fully saturated rings. The van der Waals surface area contributed by atoms with Crippen molar-refractivity contribution in [2.24, 2.45) is 0 Å². The van der Waals surface area contributed by atoms with Crippen molar-refractivity contribution in [2.75, 3.05) is 24.5 Å². The Labute approximate surface area is 223 Å². The number of carbonyl (C=O) groups is 3. The average molecular weight is 519 g/mol. The van der Waals surface area contributed by atoms with Gasteiger partial charge in [0.25, 0.3) is 5.91 Å². The van der Waals surface area contributed by atoms with Gasteiger partial charge in [0.1, 0.15) is 6.54 Å². The SMILES string of the molecule is CC1(C)OB(c2ccc(N(CC(=O)N3CC[C@H](NC(=O)O)C3)C(=O)C=Cc3ccccc3)cc2)OC1(C)C. The smallest absolute Gasteiger partial charge is 0.465 e. The summed E-state index contributed by atoms with van der Waals surface area (Å²) in [6.07, 6.45) is 2.57. The molecule has 2 N–H and O–H groups in total. The third-order valence-electron chi connectivity index (χ3n) is 7.38. The minimum absolute atomic E-state index is 0.173. The Morgan fingerprint density at radius 3 is 2.29 bits per heavy atom. The van der Waals surface area contributed by atoms with E-state index >= 15 is 0 Å². The van der Waals surface area contributed by atoms with Gasteiger partial charge in [-0.15, -0.1) is 0 Å². The lowest BCUT2D eigenvalue weighted by molar-refractivity contribution is -0.130. The van der Waals surface area contributed by atoms with Crippen LogP contribution in [0.3, 0.4) is 0 Å². The van der Waals surface area contributed by atoms with Crippen LogP contribution in [-0.4, -0.2) is 71.9 Å². The van der Waals surface area contributed by atoms with Gasteiger partial charge in [0.15, 0.2) is 0 Å². The second kappa shape index (κ2) is 11.0. The normalized spacial score (nSPS) is 20.1. The molecule has 0 spiro atoms. The molecule has 0 saturated carbocycles. The van der Waals surface area contributed by atoms with E-state index in [1.807, 2.05) is 70.2 Å². The van der Waals surface area contributed by atoms with E-state index in [0.29, 0.717) is 18.7 Å². The number of hydrogen-bond acceptors (Lipinski definition) is 5. The summed E-state index contributed by atoms with van der Waals surface area (Å²) in [5, 5.41) is 11.4. The maximum Gasteiger partial charge on any atom is 0.494 e. The highest BCUT2D eigenvalue weighted by molar-refractivity contribution is 6.62. The highest BCUT2D eigenvalue weighted by Crippen LogP contribution is 2.36. The lowest BCUT2D eigenvalue weighted by atomic mass is 9.79. The second-order valence-electron chi connectivity index (χ2n) is 10.6. The van der Waals surface area contributed by atoms with E-state index in [-0.39, 0.29) is 30.9 Å². The molecule has 4 rings (SSSR count). The quantitative estimate of drug-likeness (QED) is 0.430. The van der Waals surface area contributed by atoms with Gasteiger partial charge < -0.3 is 24.6 Å². The van der Waals surface area contributed by atoms with Crippen molar-refractivity contribution in [1.82, 2.24) is 10.2 Å². The summed E-state index contributed by atoms with van der Waals surface area (Å²) >= 11 is 0. The molecule has 38 heavy (non-hydrogen) atoms. The van der Waals surface area contributed by atoms with Crippen LogP contribution in [0.15, 0.2) is 60.7 Å². The van der Waals surface area contributed by atoms with Crippen LogP contribution in [0.25, 0.3) is 6.08 Å². The number of anilines is 1. The topological polar surface area (TPSA) is 108 Å². The molecule has 0 radical (unpaired) electrons. The van der Waals surface area contributed by atoms with E-state index in [1.165, 1.54) is 11.0 Å². The van der Waals surface area contributed by atoms with Gasteiger partial charge in [-0.05, 0) is 63.4 Å². The minimum Gasteiger partial charge on any atom is -0.465 e. The number of rotatable bonds is 7. The predicted octanol–water partition coefficient (Wildman–Crippen LogP) is 2.90. The number of carboxylic acid groups (broad SMARTS) is 1. The number of carbonyl (C=O) groups excluding carboxylic acids is 2. The molecule has 1 atom stereocenters. The largest absolute Gasteiger partial charge is 0.494 e. The Morgan fingerprint density at radius 1 is 1.05 bits per heavy atom. The Balaban J connectivity index is 1.53. The first-order valence-electron chi connectivity index (χ1n) is 12.7. The molecular weight excluding hydrogens is 485 g/mol. The van der Waals surface area contributed by atoms with Gasteiger partial charge in [0.2, 0.25) is 5.91 Å². The number of benzene rings is 2.